The molecule has 1 saturated heterocycles. The van der Waals surface area contributed by atoms with E-state index in [1.165, 1.54) is 17.7 Å². The number of terminal acetylenes is 1. The molecule has 0 amide bonds. The second-order valence-electron chi connectivity index (χ2n) is 6.41. The molecule has 0 unspecified atom stereocenters. The molecule has 0 aromatic carbocycles. The normalized spacial score (nSPS) is 31.0. The fourth-order valence-corrected chi connectivity index (χ4v) is 3.79. The summed E-state index contributed by atoms with van der Waals surface area (Å²) in [5.41, 5.74) is -1.65. The lowest BCUT2D eigenvalue weighted by molar-refractivity contribution is -0.160. The van der Waals surface area contributed by atoms with Crippen LogP contribution in [0.5, 0.6) is 0 Å². The van der Waals surface area contributed by atoms with Crippen LogP contribution in [0, 0.1) is 24.2 Å². The van der Waals surface area contributed by atoms with Crippen LogP contribution in [0.1, 0.15) is 44.9 Å². The second-order valence-corrected chi connectivity index (χ2v) is 6.41. The van der Waals surface area contributed by atoms with Crippen LogP contribution in [-0.2, 0) is 14.3 Å². The van der Waals surface area contributed by atoms with Crippen molar-refractivity contribution >= 4 is 5.97 Å². The van der Waals surface area contributed by atoms with Crippen molar-refractivity contribution in [3.05, 3.63) is 32.6 Å². The van der Waals surface area contributed by atoms with Crippen molar-refractivity contribution in [1.29, 1.82) is 0 Å². The van der Waals surface area contributed by atoms with E-state index in [2.05, 4.69) is 10.9 Å². The van der Waals surface area contributed by atoms with Crippen molar-refractivity contribution in [2.45, 2.75) is 44.9 Å². The Morgan fingerprint density at radius 1 is 1.54 bits per heavy atom. The van der Waals surface area contributed by atoms with Crippen LogP contribution in [0.25, 0.3) is 0 Å². The third-order valence-electron chi connectivity index (χ3n) is 5.24. The van der Waals surface area contributed by atoms with Crippen LogP contribution in [-0.4, -0.2) is 27.7 Å². The molecule has 0 spiro atoms. The summed E-state index contributed by atoms with van der Waals surface area (Å²) >= 11 is 0. The number of carbonyl (C=O) groups excluding carboxylic acids is 1. The van der Waals surface area contributed by atoms with Crippen LogP contribution in [0.3, 0.4) is 0 Å². The number of fused-ring (bicyclic) bond motifs is 1. The molecule has 2 heterocycles. The van der Waals surface area contributed by atoms with E-state index in [9.17, 15) is 14.4 Å². The number of hydrogen-bond donors (Lipinski definition) is 1. The first kappa shape index (κ1) is 16.5. The lowest BCUT2D eigenvalue weighted by Crippen LogP contribution is -2.45. The molecular formula is C17H20N2O5. The van der Waals surface area contributed by atoms with Gasteiger partial charge in [-0.2, -0.15) is 0 Å². The summed E-state index contributed by atoms with van der Waals surface area (Å²) in [4.78, 5) is 37.3. The highest BCUT2D eigenvalue weighted by molar-refractivity contribution is 5.66. The van der Waals surface area contributed by atoms with Gasteiger partial charge < -0.3 is 9.47 Å². The second kappa shape index (κ2) is 5.95. The third-order valence-corrected chi connectivity index (χ3v) is 5.24. The maximum absolute atomic E-state index is 12.2. The van der Waals surface area contributed by atoms with E-state index in [0.29, 0.717) is 6.42 Å². The quantitative estimate of drug-likeness (QED) is 0.650. The molecule has 7 heteroatoms. The molecule has 3 rings (SSSR count). The molecule has 1 aromatic heterocycles. The summed E-state index contributed by atoms with van der Waals surface area (Å²) in [6, 6.07) is 0. The maximum Gasteiger partial charge on any atom is 0.330 e. The van der Waals surface area contributed by atoms with Crippen molar-refractivity contribution in [2.75, 3.05) is 6.61 Å². The van der Waals surface area contributed by atoms with Crippen molar-refractivity contribution in [3.8, 4) is 12.3 Å². The Labute approximate surface area is 139 Å². The van der Waals surface area contributed by atoms with E-state index < -0.39 is 23.1 Å². The largest absolute Gasteiger partial charge is 0.463 e. The summed E-state index contributed by atoms with van der Waals surface area (Å²) < 4.78 is 12.8. The van der Waals surface area contributed by atoms with Gasteiger partial charge in [-0.05, 0) is 25.2 Å². The van der Waals surface area contributed by atoms with Crippen LogP contribution in [0.4, 0.5) is 0 Å². The number of aromatic amines is 1. The van der Waals surface area contributed by atoms with Crippen LogP contribution in [0.15, 0.2) is 15.8 Å². The molecule has 128 valence electrons. The van der Waals surface area contributed by atoms with Crippen LogP contribution >= 0.6 is 0 Å². The summed E-state index contributed by atoms with van der Waals surface area (Å²) in [5, 5.41) is 0. The fraction of sp³-hybridized carbons (Fsp3) is 0.588. The van der Waals surface area contributed by atoms with E-state index in [0.717, 1.165) is 12.8 Å². The minimum absolute atomic E-state index is 0.0862. The number of aromatic nitrogens is 2. The molecule has 1 aliphatic carbocycles. The Kier molecular flexibility index (Phi) is 4.10. The minimum atomic E-state index is -0.606. The highest BCUT2D eigenvalue weighted by atomic mass is 16.6. The SMILES string of the molecule is C#Cc1cn([C@@H]2O[C@](CC)(COC(C)=O)[C@H]3CC[C@@H]23)c(=O)[nH]c1=O. The minimum Gasteiger partial charge on any atom is -0.463 e. The molecule has 7 nitrogen and oxygen atoms in total. The van der Waals surface area contributed by atoms with Crippen molar-refractivity contribution in [3.63, 3.8) is 0 Å². The zero-order valence-corrected chi connectivity index (χ0v) is 13.7. The fourth-order valence-electron chi connectivity index (χ4n) is 3.79. The molecule has 1 aromatic rings. The number of rotatable bonds is 4. The van der Waals surface area contributed by atoms with E-state index >= 15 is 0 Å². The van der Waals surface area contributed by atoms with E-state index in [1.54, 1.807) is 0 Å². The van der Waals surface area contributed by atoms with Gasteiger partial charge in [0.15, 0.2) is 0 Å². The predicted molar refractivity (Wildman–Crippen MR) is 85.2 cm³/mol. The van der Waals surface area contributed by atoms with Gasteiger partial charge in [0.25, 0.3) is 5.56 Å². The number of H-pyrrole nitrogens is 1. The molecule has 1 saturated carbocycles. The highest BCUT2D eigenvalue weighted by Crippen LogP contribution is 2.57. The zero-order chi connectivity index (χ0) is 17.5. The molecule has 1 N–H and O–H groups in total. The van der Waals surface area contributed by atoms with Gasteiger partial charge in [-0.1, -0.05) is 12.8 Å². The lowest BCUT2D eigenvalue weighted by atomic mass is 9.66. The van der Waals surface area contributed by atoms with Gasteiger partial charge in [0.1, 0.15) is 24.0 Å². The van der Waals surface area contributed by atoms with Crippen molar-refractivity contribution < 1.29 is 14.3 Å². The summed E-state index contributed by atoms with van der Waals surface area (Å²) in [5.74, 6) is 2.26. The average Bonchev–Trinajstić information content (AvgIpc) is 2.72. The molecule has 0 bridgehead atoms. The number of nitrogens with one attached hydrogen (secondary N) is 1. The van der Waals surface area contributed by atoms with Gasteiger partial charge >= 0.3 is 11.7 Å². The number of hydrogen-bond acceptors (Lipinski definition) is 5. The standard InChI is InChI=1S/C17H20N2O5/c1-4-11-8-19(16(22)18-14(11)21)15-12-6-7-13(12)17(5-2,24-15)9-23-10(3)20/h1,8,12-13,15H,5-7,9H2,2-3H3,(H,18,21,22)/t12-,13+,15-,17-/m1/s1. The van der Waals surface area contributed by atoms with Gasteiger partial charge in [-0.15, -0.1) is 6.42 Å². The van der Waals surface area contributed by atoms with Crippen molar-refractivity contribution in [1.82, 2.24) is 9.55 Å². The molecule has 4 atom stereocenters. The van der Waals surface area contributed by atoms with E-state index in [1.807, 2.05) is 6.92 Å². The van der Waals surface area contributed by atoms with Gasteiger partial charge in [0, 0.05) is 19.0 Å². The number of ether oxygens (including phenoxy) is 2. The van der Waals surface area contributed by atoms with Gasteiger partial charge in [0.2, 0.25) is 0 Å². The molecule has 2 aliphatic rings. The van der Waals surface area contributed by atoms with Gasteiger partial charge in [-0.3, -0.25) is 19.1 Å². The molecular weight excluding hydrogens is 312 g/mol. The number of nitrogens with zero attached hydrogens (tertiary/aromatic N) is 1. The number of esters is 1. The Hall–Kier alpha value is -2.33. The summed E-state index contributed by atoms with van der Waals surface area (Å²) in [7, 11) is 0. The van der Waals surface area contributed by atoms with Gasteiger partial charge in [-0.25, -0.2) is 4.79 Å². The Bertz CT molecular complexity index is 817. The number of carbonyl (C=O) groups is 1. The summed E-state index contributed by atoms with van der Waals surface area (Å²) in [6.07, 6.45) is 8.71. The maximum atomic E-state index is 12.2. The smallest absolute Gasteiger partial charge is 0.330 e. The monoisotopic (exact) mass is 332 g/mol. The zero-order valence-electron chi connectivity index (χ0n) is 13.7. The first-order chi connectivity index (χ1) is 11.4. The Morgan fingerprint density at radius 3 is 2.83 bits per heavy atom. The predicted octanol–water partition coefficient (Wildman–Crippen LogP) is 0.785. The Morgan fingerprint density at radius 2 is 2.29 bits per heavy atom. The van der Waals surface area contributed by atoms with Gasteiger partial charge in [0.05, 0.1) is 0 Å². The van der Waals surface area contributed by atoms with Crippen LogP contribution < -0.4 is 11.2 Å². The van der Waals surface area contributed by atoms with E-state index in [-0.39, 0.29) is 30.0 Å². The molecule has 0 radical (unpaired) electrons. The molecule has 24 heavy (non-hydrogen) atoms. The first-order valence-electron chi connectivity index (χ1n) is 8.05. The molecule has 1 aliphatic heterocycles. The molecule has 2 fully saturated rings. The first-order valence-corrected chi connectivity index (χ1v) is 8.05. The van der Waals surface area contributed by atoms with Crippen LogP contribution in [0.2, 0.25) is 0 Å². The third kappa shape index (κ3) is 2.47. The summed E-state index contributed by atoms with van der Waals surface area (Å²) in [6.45, 7) is 3.50. The van der Waals surface area contributed by atoms with Crippen molar-refractivity contribution in [2.24, 2.45) is 11.8 Å². The topological polar surface area (TPSA) is 90.4 Å². The highest BCUT2D eigenvalue weighted by Gasteiger charge is 2.59. The average molecular weight is 332 g/mol. The van der Waals surface area contributed by atoms with E-state index in [4.69, 9.17) is 15.9 Å². The Balaban J connectivity index is 1.97. The lowest BCUT2D eigenvalue weighted by Gasteiger charge is -2.39.